The van der Waals surface area contributed by atoms with Gasteiger partial charge in [-0.05, 0) is 31.0 Å². The molecule has 1 saturated heterocycles. The number of fused-ring (bicyclic) bond motifs is 1. The monoisotopic (exact) mass is 307 g/mol. The molecule has 2 heterocycles. The summed E-state index contributed by atoms with van der Waals surface area (Å²) in [6, 6.07) is 5.48. The molecule has 1 fully saturated rings. The molecule has 0 atom stereocenters. The molecule has 0 unspecified atom stereocenters. The van der Waals surface area contributed by atoms with Crippen LogP contribution in [0.4, 0.5) is 11.4 Å². The number of rotatable bonds is 2. The lowest BCUT2D eigenvalue weighted by Gasteiger charge is -2.31. The van der Waals surface area contributed by atoms with Crippen LogP contribution in [0.25, 0.3) is 0 Å². The van der Waals surface area contributed by atoms with E-state index >= 15 is 0 Å². The SMILES string of the molecule is NC1(C(=O)Nc2ccc3c(c2)NC(=O)CS3)CCOCC1. The summed E-state index contributed by atoms with van der Waals surface area (Å²) in [4.78, 5) is 24.7. The van der Waals surface area contributed by atoms with Crippen LogP contribution in [0.5, 0.6) is 0 Å². The van der Waals surface area contributed by atoms with E-state index in [2.05, 4.69) is 10.6 Å². The minimum atomic E-state index is -0.883. The second kappa shape index (κ2) is 5.67. The Hall–Kier alpha value is -1.57. The summed E-state index contributed by atoms with van der Waals surface area (Å²) in [6.07, 6.45) is 1.02. The number of benzene rings is 1. The quantitative estimate of drug-likeness (QED) is 0.763. The van der Waals surface area contributed by atoms with Crippen molar-refractivity contribution in [2.24, 2.45) is 5.73 Å². The molecule has 2 aliphatic heterocycles. The number of hydrogen-bond donors (Lipinski definition) is 3. The Bertz CT molecular complexity index is 585. The molecule has 2 amide bonds. The number of thioether (sulfide) groups is 1. The third-order valence-corrected chi connectivity index (χ3v) is 4.78. The lowest BCUT2D eigenvalue weighted by molar-refractivity contribution is -0.124. The maximum Gasteiger partial charge on any atom is 0.244 e. The van der Waals surface area contributed by atoms with E-state index in [1.165, 1.54) is 11.8 Å². The van der Waals surface area contributed by atoms with Crippen LogP contribution in [-0.4, -0.2) is 36.3 Å². The lowest BCUT2D eigenvalue weighted by Crippen LogP contribution is -2.54. The van der Waals surface area contributed by atoms with Gasteiger partial charge in [0.1, 0.15) is 5.54 Å². The van der Waals surface area contributed by atoms with Gasteiger partial charge in [0.15, 0.2) is 0 Å². The predicted octanol–water partition coefficient (Wildman–Crippen LogP) is 1.18. The second-order valence-electron chi connectivity index (χ2n) is 5.27. The fourth-order valence-corrected chi connectivity index (χ4v) is 3.17. The first-order chi connectivity index (χ1) is 10.1. The molecule has 6 nitrogen and oxygen atoms in total. The maximum absolute atomic E-state index is 12.3. The van der Waals surface area contributed by atoms with E-state index in [4.69, 9.17) is 10.5 Å². The molecule has 2 aliphatic rings. The summed E-state index contributed by atoms with van der Waals surface area (Å²) in [7, 11) is 0. The minimum absolute atomic E-state index is 0.0318. The van der Waals surface area contributed by atoms with Crippen molar-refractivity contribution < 1.29 is 14.3 Å². The third-order valence-electron chi connectivity index (χ3n) is 3.71. The van der Waals surface area contributed by atoms with Crippen LogP contribution < -0.4 is 16.4 Å². The van der Waals surface area contributed by atoms with Crippen molar-refractivity contribution in [1.82, 2.24) is 0 Å². The van der Waals surface area contributed by atoms with E-state index < -0.39 is 5.54 Å². The van der Waals surface area contributed by atoms with Crippen LogP contribution in [0, 0.1) is 0 Å². The number of carbonyl (C=O) groups excluding carboxylic acids is 2. The molecular formula is C14H17N3O3S. The molecule has 0 spiro atoms. The highest BCUT2D eigenvalue weighted by molar-refractivity contribution is 8.00. The van der Waals surface area contributed by atoms with Gasteiger partial charge in [-0.15, -0.1) is 11.8 Å². The van der Waals surface area contributed by atoms with Crippen LogP contribution in [0.1, 0.15) is 12.8 Å². The first kappa shape index (κ1) is 14.4. The van der Waals surface area contributed by atoms with Crippen LogP contribution >= 0.6 is 11.8 Å². The minimum Gasteiger partial charge on any atom is -0.381 e. The zero-order valence-electron chi connectivity index (χ0n) is 11.5. The number of hydrogen-bond acceptors (Lipinski definition) is 5. The average molecular weight is 307 g/mol. The van der Waals surface area contributed by atoms with Crippen molar-refractivity contribution in [2.75, 3.05) is 29.6 Å². The predicted molar refractivity (Wildman–Crippen MR) is 81.4 cm³/mol. The number of nitrogens with one attached hydrogen (secondary N) is 2. The van der Waals surface area contributed by atoms with Gasteiger partial charge in [0.05, 0.1) is 11.4 Å². The highest BCUT2D eigenvalue weighted by Gasteiger charge is 2.36. The summed E-state index contributed by atoms with van der Waals surface area (Å²) in [6.45, 7) is 1.00. The van der Waals surface area contributed by atoms with Gasteiger partial charge in [-0.2, -0.15) is 0 Å². The molecule has 0 aromatic heterocycles. The molecule has 3 rings (SSSR count). The van der Waals surface area contributed by atoms with Crippen molar-refractivity contribution in [1.29, 1.82) is 0 Å². The Labute approximate surface area is 126 Å². The van der Waals surface area contributed by atoms with Crippen LogP contribution in [-0.2, 0) is 14.3 Å². The van der Waals surface area contributed by atoms with E-state index in [0.29, 0.717) is 37.5 Å². The smallest absolute Gasteiger partial charge is 0.244 e. The standard InChI is InChI=1S/C14H17N3O3S/c15-14(3-5-20-6-4-14)13(19)16-9-1-2-11-10(7-9)17-12(18)8-21-11/h1-2,7H,3-6,8,15H2,(H,16,19)(H,17,18). The number of amides is 2. The summed E-state index contributed by atoms with van der Waals surface area (Å²) in [5.74, 6) is 0.182. The van der Waals surface area contributed by atoms with Gasteiger partial charge in [-0.3, -0.25) is 9.59 Å². The molecule has 0 saturated carbocycles. The molecule has 7 heteroatoms. The Kier molecular flexibility index (Phi) is 3.88. The molecule has 1 aromatic carbocycles. The van der Waals surface area contributed by atoms with E-state index in [9.17, 15) is 9.59 Å². The van der Waals surface area contributed by atoms with Gasteiger partial charge >= 0.3 is 0 Å². The topological polar surface area (TPSA) is 93.5 Å². The molecule has 21 heavy (non-hydrogen) atoms. The lowest BCUT2D eigenvalue weighted by atomic mass is 9.90. The summed E-state index contributed by atoms with van der Waals surface area (Å²) < 4.78 is 5.24. The Balaban J connectivity index is 1.74. The van der Waals surface area contributed by atoms with Crippen molar-refractivity contribution >= 4 is 35.0 Å². The highest BCUT2D eigenvalue weighted by Crippen LogP contribution is 2.33. The first-order valence-corrected chi connectivity index (χ1v) is 7.80. The second-order valence-corrected chi connectivity index (χ2v) is 6.29. The van der Waals surface area contributed by atoms with Crippen LogP contribution in [0.2, 0.25) is 0 Å². The van der Waals surface area contributed by atoms with Crippen LogP contribution in [0.3, 0.4) is 0 Å². The normalized spacial score (nSPS) is 20.3. The molecule has 0 radical (unpaired) electrons. The van der Waals surface area contributed by atoms with Crippen molar-refractivity contribution in [3.8, 4) is 0 Å². The molecular weight excluding hydrogens is 290 g/mol. The zero-order valence-corrected chi connectivity index (χ0v) is 12.3. The van der Waals surface area contributed by atoms with Crippen LogP contribution in [0.15, 0.2) is 23.1 Å². The summed E-state index contributed by atoms with van der Waals surface area (Å²) >= 11 is 1.49. The van der Waals surface area contributed by atoms with Gasteiger partial charge in [0.2, 0.25) is 11.8 Å². The number of carbonyl (C=O) groups is 2. The Morgan fingerprint density at radius 2 is 2.14 bits per heavy atom. The summed E-state index contributed by atoms with van der Waals surface area (Å²) in [5.41, 5.74) is 6.63. The Morgan fingerprint density at radius 3 is 2.90 bits per heavy atom. The molecule has 0 bridgehead atoms. The number of nitrogens with two attached hydrogens (primary N) is 1. The van der Waals surface area contributed by atoms with E-state index in [1.807, 2.05) is 12.1 Å². The molecule has 4 N–H and O–H groups in total. The third kappa shape index (κ3) is 3.04. The van der Waals surface area contributed by atoms with Gasteiger partial charge < -0.3 is 21.1 Å². The number of anilines is 2. The highest BCUT2D eigenvalue weighted by atomic mass is 32.2. The van der Waals surface area contributed by atoms with Crippen molar-refractivity contribution in [3.63, 3.8) is 0 Å². The number of ether oxygens (including phenoxy) is 1. The maximum atomic E-state index is 12.3. The fraction of sp³-hybridized carbons (Fsp3) is 0.429. The Morgan fingerprint density at radius 1 is 1.38 bits per heavy atom. The first-order valence-electron chi connectivity index (χ1n) is 6.82. The van der Waals surface area contributed by atoms with E-state index in [-0.39, 0.29) is 11.8 Å². The fourth-order valence-electron chi connectivity index (χ4n) is 2.38. The zero-order chi connectivity index (χ0) is 14.9. The molecule has 1 aromatic rings. The van der Waals surface area contributed by atoms with E-state index in [1.54, 1.807) is 6.07 Å². The average Bonchev–Trinajstić information content (AvgIpc) is 2.47. The van der Waals surface area contributed by atoms with Gasteiger partial charge in [-0.25, -0.2) is 0 Å². The molecule has 0 aliphatic carbocycles. The molecule has 112 valence electrons. The van der Waals surface area contributed by atoms with Gasteiger partial charge in [-0.1, -0.05) is 0 Å². The van der Waals surface area contributed by atoms with Gasteiger partial charge in [0, 0.05) is 23.8 Å². The van der Waals surface area contributed by atoms with Crippen molar-refractivity contribution in [3.05, 3.63) is 18.2 Å². The summed E-state index contributed by atoms with van der Waals surface area (Å²) in [5, 5.41) is 5.64. The van der Waals surface area contributed by atoms with Gasteiger partial charge in [0.25, 0.3) is 0 Å². The van der Waals surface area contributed by atoms with E-state index in [0.717, 1.165) is 10.6 Å². The van der Waals surface area contributed by atoms with Crippen molar-refractivity contribution in [2.45, 2.75) is 23.3 Å². The largest absolute Gasteiger partial charge is 0.381 e.